The maximum atomic E-state index is 11.7. The van der Waals surface area contributed by atoms with E-state index in [-0.39, 0.29) is 12.5 Å². The summed E-state index contributed by atoms with van der Waals surface area (Å²) in [6.45, 7) is 0.117. The SMILES string of the molecule is Nc1ccn(CC(=O)Nc2ccncc2Br)n1. The lowest BCUT2D eigenvalue weighted by Gasteiger charge is -2.06. The average Bonchev–Trinajstić information content (AvgIpc) is 2.67. The van der Waals surface area contributed by atoms with Crippen molar-refractivity contribution in [2.45, 2.75) is 6.54 Å². The molecule has 0 saturated carbocycles. The van der Waals surface area contributed by atoms with Gasteiger partial charge in [0.2, 0.25) is 5.91 Å². The van der Waals surface area contributed by atoms with Gasteiger partial charge in [-0.25, -0.2) is 0 Å². The summed E-state index contributed by atoms with van der Waals surface area (Å²) in [6.07, 6.45) is 4.87. The van der Waals surface area contributed by atoms with Crippen LogP contribution in [0.1, 0.15) is 0 Å². The van der Waals surface area contributed by atoms with E-state index in [1.54, 1.807) is 30.7 Å². The van der Waals surface area contributed by atoms with E-state index in [0.29, 0.717) is 11.5 Å². The highest BCUT2D eigenvalue weighted by Gasteiger charge is 2.06. The van der Waals surface area contributed by atoms with E-state index in [2.05, 4.69) is 31.3 Å². The quantitative estimate of drug-likeness (QED) is 0.893. The zero-order chi connectivity index (χ0) is 12.3. The van der Waals surface area contributed by atoms with Crippen LogP contribution in [0.4, 0.5) is 11.5 Å². The molecule has 88 valence electrons. The highest BCUT2D eigenvalue weighted by atomic mass is 79.9. The molecule has 2 aromatic heterocycles. The van der Waals surface area contributed by atoms with Gasteiger partial charge in [-0.15, -0.1) is 0 Å². The molecule has 0 saturated heterocycles. The molecule has 0 bridgehead atoms. The topological polar surface area (TPSA) is 85.8 Å². The third kappa shape index (κ3) is 3.04. The van der Waals surface area contributed by atoms with Crippen molar-refractivity contribution in [3.63, 3.8) is 0 Å². The molecule has 0 aromatic carbocycles. The van der Waals surface area contributed by atoms with E-state index in [1.165, 1.54) is 4.68 Å². The molecule has 0 fully saturated rings. The van der Waals surface area contributed by atoms with Crippen LogP contribution < -0.4 is 11.1 Å². The Morgan fingerprint density at radius 2 is 2.35 bits per heavy atom. The van der Waals surface area contributed by atoms with Crippen LogP contribution in [0.2, 0.25) is 0 Å². The Kier molecular flexibility index (Phi) is 3.38. The fourth-order valence-corrected chi connectivity index (χ4v) is 1.63. The molecule has 0 radical (unpaired) electrons. The van der Waals surface area contributed by atoms with Crippen LogP contribution in [-0.2, 0) is 11.3 Å². The van der Waals surface area contributed by atoms with E-state index in [9.17, 15) is 4.79 Å². The largest absolute Gasteiger partial charge is 0.382 e. The maximum absolute atomic E-state index is 11.7. The van der Waals surface area contributed by atoms with Gasteiger partial charge >= 0.3 is 0 Å². The van der Waals surface area contributed by atoms with Gasteiger partial charge in [-0.3, -0.25) is 14.5 Å². The van der Waals surface area contributed by atoms with Crippen LogP contribution in [0, 0.1) is 0 Å². The molecule has 0 atom stereocenters. The van der Waals surface area contributed by atoms with Crippen molar-refractivity contribution in [1.29, 1.82) is 0 Å². The minimum atomic E-state index is -0.181. The molecule has 0 aliphatic rings. The monoisotopic (exact) mass is 295 g/mol. The molecule has 0 spiro atoms. The predicted molar refractivity (Wildman–Crippen MR) is 67.2 cm³/mol. The van der Waals surface area contributed by atoms with Crippen LogP contribution >= 0.6 is 15.9 Å². The fraction of sp³-hybridized carbons (Fsp3) is 0.100. The minimum Gasteiger partial charge on any atom is -0.382 e. The third-order valence-electron chi connectivity index (χ3n) is 2.01. The van der Waals surface area contributed by atoms with Crippen molar-refractivity contribution in [3.8, 4) is 0 Å². The number of aromatic nitrogens is 3. The summed E-state index contributed by atoms with van der Waals surface area (Å²) in [7, 11) is 0. The Morgan fingerprint density at radius 1 is 1.53 bits per heavy atom. The number of nitrogens with two attached hydrogens (primary N) is 1. The summed E-state index contributed by atoms with van der Waals surface area (Å²) < 4.78 is 2.20. The number of anilines is 2. The Hall–Kier alpha value is -1.89. The second-order valence-corrected chi connectivity index (χ2v) is 4.20. The van der Waals surface area contributed by atoms with Gasteiger partial charge in [0.1, 0.15) is 12.4 Å². The number of pyridine rings is 1. The molecule has 2 aromatic rings. The second kappa shape index (κ2) is 4.96. The van der Waals surface area contributed by atoms with Crippen LogP contribution in [-0.4, -0.2) is 20.7 Å². The molecular formula is C10H10BrN5O. The first-order valence-corrected chi connectivity index (χ1v) is 5.63. The lowest BCUT2D eigenvalue weighted by atomic mass is 10.4. The second-order valence-electron chi connectivity index (χ2n) is 3.34. The number of nitrogens with one attached hydrogen (secondary N) is 1. The lowest BCUT2D eigenvalue weighted by Crippen LogP contribution is -2.19. The van der Waals surface area contributed by atoms with Gasteiger partial charge < -0.3 is 11.1 Å². The summed E-state index contributed by atoms with van der Waals surface area (Å²) in [4.78, 5) is 15.6. The summed E-state index contributed by atoms with van der Waals surface area (Å²) >= 11 is 3.29. The molecule has 3 N–H and O–H groups in total. The Balaban J connectivity index is 2.01. The lowest BCUT2D eigenvalue weighted by molar-refractivity contribution is -0.116. The molecule has 7 heteroatoms. The molecule has 0 aliphatic carbocycles. The standard InChI is InChI=1S/C10H10BrN5O/c11-7-5-13-3-1-8(7)14-10(17)6-16-4-2-9(12)15-16/h1-5H,6H2,(H2,12,15)(H,13,14,17). The summed E-state index contributed by atoms with van der Waals surface area (Å²) in [5, 5.41) is 6.66. The fourth-order valence-electron chi connectivity index (χ4n) is 1.28. The number of nitrogen functional groups attached to an aromatic ring is 1. The molecule has 1 amide bonds. The summed E-state index contributed by atoms with van der Waals surface area (Å²) in [5.41, 5.74) is 6.12. The number of halogens is 1. The van der Waals surface area contributed by atoms with E-state index in [1.807, 2.05) is 0 Å². The molecule has 0 aliphatic heterocycles. The average molecular weight is 296 g/mol. The first kappa shape index (κ1) is 11.6. The van der Waals surface area contributed by atoms with Crippen molar-refractivity contribution in [3.05, 3.63) is 35.2 Å². The minimum absolute atomic E-state index is 0.117. The van der Waals surface area contributed by atoms with Gasteiger partial charge in [-0.05, 0) is 28.1 Å². The number of carbonyl (C=O) groups excluding carboxylic acids is 1. The van der Waals surface area contributed by atoms with E-state index in [4.69, 9.17) is 5.73 Å². The molecule has 2 rings (SSSR count). The molecule has 17 heavy (non-hydrogen) atoms. The Bertz CT molecular complexity index is 539. The Labute approximate surface area is 106 Å². The first-order valence-electron chi connectivity index (χ1n) is 4.83. The number of rotatable bonds is 3. The third-order valence-corrected chi connectivity index (χ3v) is 2.65. The van der Waals surface area contributed by atoms with Crippen LogP contribution in [0.5, 0.6) is 0 Å². The van der Waals surface area contributed by atoms with Crippen LogP contribution in [0.3, 0.4) is 0 Å². The van der Waals surface area contributed by atoms with Crippen LogP contribution in [0.15, 0.2) is 35.2 Å². The highest BCUT2D eigenvalue weighted by molar-refractivity contribution is 9.10. The number of nitrogens with zero attached hydrogens (tertiary/aromatic N) is 3. The smallest absolute Gasteiger partial charge is 0.246 e. The van der Waals surface area contributed by atoms with E-state index in [0.717, 1.165) is 4.47 Å². The van der Waals surface area contributed by atoms with Crippen molar-refractivity contribution >= 4 is 33.3 Å². The molecule has 6 nitrogen and oxygen atoms in total. The summed E-state index contributed by atoms with van der Waals surface area (Å²) in [6, 6.07) is 3.34. The summed E-state index contributed by atoms with van der Waals surface area (Å²) in [5.74, 6) is 0.211. The maximum Gasteiger partial charge on any atom is 0.246 e. The van der Waals surface area contributed by atoms with Crippen molar-refractivity contribution < 1.29 is 4.79 Å². The van der Waals surface area contributed by atoms with Crippen LogP contribution in [0.25, 0.3) is 0 Å². The molecule has 2 heterocycles. The molecular weight excluding hydrogens is 286 g/mol. The zero-order valence-electron chi connectivity index (χ0n) is 8.80. The first-order chi connectivity index (χ1) is 8.15. The van der Waals surface area contributed by atoms with Gasteiger partial charge in [0.05, 0.1) is 10.2 Å². The predicted octanol–water partition coefficient (Wildman–Crippen LogP) is 1.26. The molecule has 0 unspecified atom stereocenters. The Morgan fingerprint density at radius 3 is 3.00 bits per heavy atom. The van der Waals surface area contributed by atoms with Crippen molar-refractivity contribution in [2.75, 3.05) is 11.1 Å². The number of amides is 1. The normalized spacial score (nSPS) is 10.2. The van der Waals surface area contributed by atoms with Gasteiger partial charge in [0.25, 0.3) is 0 Å². The van der Waals surface area contributed by atoms with Gasteiger partial charge in [-0.2, -0.15) is 5.10 Å². The van der Waals surface area contributed by atoms with E-state index < -0.39 is 0 Å². The van der Waals surface area contributed by atoms with E-state index >= 15 is 0 Å². The zero-order valence-corrected chi connectivity index (χ0v) is 10.4. The number of hydrogen-bond donors (Lipinski definition) is 2. The van der Waals surface area contributed by atoms with Gasteiger partial charge in [0.15, 0.2) is 0 Å². The highest BCUT2D eigenvalue weighted by Crippen LogP contribution is 2.19. The van der Waals surface area contributed by atoms with Crippen molar-refractivity contribution in [2.24, 2.45) is 0 Å². The van der Waals surface area contributed by atoms with Crippen molar-refractivity contribution in [1.82, 2.24) is 14.8 Å². The van der Waals surface area contributed by atoms with Gasteiger partial charge in [-0.1, -0.05) is 0 Å². The van der Waals surface area contributed by atoms with Gasteiger partial charge in [0, 0.05) is 18.6 Å². The number of carbonyl (C=O) groups is 1. The number of hydrogen-bond acceptors (Lipinski definition) is 4.